The summed E-state index contributed by atoms with van der Waals surface area (Å²) in [7, 11) is 0. The third-order valence-electron chi connectivity index (χ3n) is 2.14. The zero-order valence-corrected chi connectivity index (χ0v) is 9.38. The summed E-state index contributed by atoms with van der Waals surface area (Å²) in [5, 5.41) is 17.5. The molecule has 0 bridgehead atoms. The second-order valence-corrected chi connectivity index (χ2v) is 3.68. The third kappa shape index (κ3) is 2.96. The molecule has 2 N–H and O–H groups in total. The fourth-order valence-electron chi connectivity index (χ4n) is 1.31. The molecule has 0 aromatic carbocycles. The highest BCUT2D eigenvalue weighted by Gasteiger charge is 2.18. The molecule has 1 aromatic heterocycles. The van der Waals surface area contributed by atoms with Crippen molar-refractivity contribution in [3.05, 3.63) is 12.0 Å². The van der Waals surface area contributed by atoms with Crippen molar-refractivity contribution in [2.45, 2.75) is 26.3 Å². The van der Waals surface area contributed by atoms with E-state index in [0.29, 0.717) is 13.0 Å². The van der Waals surface area contributed by atoms with Crippen LogP contribution in [0.15, 0.2) is 10.7 Å². The van der Waals surface area contributed by atoms with E-state index in [1.165, 1.54) is 0 Å². The van der Waals surface area contributed by atoms with Crippen LogP contribution in [0.25, 0.3) is 0 Å². The Balaban J connectivity index is 2.80. The number of hydrogen-bond donors (Lipinski definition) is 2. The first kappa shape index (κ1) is 12.5. The van der Waals surface area contributed by atoms with Gasteiger partial charge in [-0.2, -0.15) is 4.98 Å². The van der Waals surface area contributed by atoms with E-state index in [1.807, 2.05) is 18.7 Å². The van der Waals surface area contributed by atoms with Crippen molar-refractivity contribution in [1.82, 2.24) is 4.98 Å². The van der Waals surface area contributed by atoms with Gasteiger partial charge in [-0.1, -0.05) is 0 Å². The molecule has 0 atom stereocenters. The van der Waals surface area contributed by atoms with Crippen molar-refractivity contribution in [2.75, 3.05) is 18.1 Å². The van der Waals surface area contributed by atoms with Crippen molar-refractivity contribution in [3.8, 4) is 0 Å². The number of aromatic nitrogens is 1. The molecule has 0 fully saturated rings. The van der Waals surface area contributed by atoms with E-state index in [1.54, 1.807) is 0 Å². The van der Waals surface area contributed by atoms with Gasteiger partial charge in [0, 0.05) is 19.2 Å². The van der Waals surface area contributed by atoms with Gasteiger partial charge in [0.05, 0.1) is 0 Å². The Morgan fingerprint density at radius 3 is 2.75 bits per heavy atom. The average Bonchev–Trinajstić information content (AvgIpc) is 2.67. The molecule has 0 saturated carbocycles. The van der Waals surface area contributed by atoms with Gasteiger partial charge in [-0.3, -0.25) is 0 Å². The van der Waals surface area contributed by atoms with Gasteiger partial charge in [0.1, 0.15) is 6.26 Å². The van der Waals surface area contributed by atoms with Crippen LogP contribution in [0.2, 0.25) is 0 Å². The van der Waals surface area contributed by atoms with E-state index in [4.69, 9.17) is 14.6 Å². The van der Waals surface area contributed by atoms with Crippen LogP contribution in [-0.2, 0) is 0 Å². The monoisotopic (exact) mass is 228 g/mol. The highest BCUT2D eigenvalue weighted by Crippen LogP contribution is 2.16. The molecule has 0 aliphatic carbocycles. The van der Waals surface area contributed by atoms with Crippen LogP contribution in [-0.4, -0.2) is 40.4 Å². The fraction of sp³-hybridized carbons (Fsp3) is 0.600. The fourth-order valence-corrected chi connectivity index (χ4v) is 1.31. The van der Waals surface area contributed by atoms with Crippen LogP contribution >= 0.6 is 0 Å². The zero-order chi connectivity index (χ0) is 12.1. The number of anilines is 1. The van der Waals surface area contributed by atoms with E-state index in [0.717, 1.165) is 6.26 Å². The molecule has 0 unspecified atom stereocenters. The molecule has 90 valence electrons. The Bertz CT molecular complexity index is 348. The lowest BCUT2D eigenvalue weighted by atomic mass is 10.3. The molecular formula is C10H16N2O4. The zero-order valence-electron chi connectivity index (χ0n) is 9.38. The van der Waals surface area contributed by atoms with Crippen LogP contribution in [0, 0.1) is 0 Å². The topological polar surface area (TPSA) is 86.8 Å². The lowest BCUT2D eigenvalue weighted by Crippen LogP contribution is -2.32. The van der Waals surface area contributed by atoms with Crippen LogP contribution in [0.4, 0.5) is 6.01 Å². The molecule has 0 radical (unpaired) electrons. The Labute approximate surface area is 93.5 Å². The molecule has 1 aromatic rings. The van der Waals surface area contributed by atoms with E-state index in [9.17, 15) is 4.79 Å². The molecule has 0 saturated heterocycles. The number of nitrogens with zero attached hydrogens (tertiary/aromatic N) is 2. The normalized spacial score (nSPS) is 10.8. The Hall–Kier alpha value is -1.56. The molecule has 0 spiro atoms. The molecule has 0 aliphatic rings. The predicted molar refractivity (Wildman–Crippen MR) is 57.6 cm³/mol. The average molecular weight is 228 g/mol. The largest absolute Gasteiger partial charge is 0.476 e. The van der Waals surface area contributed by atoms with Crippen molar-refractivity contribution in [3.63, 3.8) is 0 Å². The van der Waals surface area contributed by atoms with E-state index < -0.39 is 5.97 Å². The summed E-state index contributed by atoms with van der Waals surface area (Å²) in [4.78, 5) is 16.3. The van der Waals surface area contributed by atoms with Crippen LogP contribution < -0.4 is 4.90 Å². The maximum atomic E-state index is 10.6. The Kier molecular flexibility index (Phi) is 4.30. The minimum absolute atomic E-state index is 0.0791. The maximum Gasteiger partial charge on any atom is 0.357 e. The second-order valence-electron chi connectivity index (χ2n) is 3.68. The number of aliphatic hydroxyl groups excluding tert-OH is 1. The van der Waals surface area contributed by atoms with Gasteiger partial charge in [0.2, 0.25) is 0 Å². The van der Waals surface area contributed by atoms with Gasteiger partial charge >= 0.3 is 5.97 Å². The van der Waals surface area contributed by atoms with Crippen LogP contribution in [0.1, 0.15) is 30.8 Å². The summed E-state index contributed by atoms with van der Waals surface area (Å²) in [6.07, 6.45) is 1.70. The number of hydrogen-bond acceptors (Lipinski definition) is 5. The predicted octanol–water partition coefficient (Wildman–Crippen LogP) is 0.970. The standard InChI is InChI=1S/C10H16N2O4/c1-7(2)12(4-3-5-13)10-11-8(6-16-10)9(14)15/h6-7,13H,3-5H2,1-2H3,(H,14,15). The molecule has 0 amide bonds. The smallest absolute Gasteiger partial charge is 0.357 e. The Morgan fingerprint density at radius 1 is 1.62 bits per heavy atom. The molecule has 1 rings (SSSR count). The lowest BCUT2D eigenvalue weighted by molar-refractivity contribution is 0.0690. The number of carbonyl (C=O) groups is 1. The quantitative estimate of drug-likeness (QED) is 0.754. The minimum Gasteiger partial charge on any atom is -0.476 e. The van der Waals surface area contributed by atoms with E-state index >= 15 is 0 Å². The molecular weight excluding hydrogens is 212 g/mol. The summed E-state index contributed by atoms with van der Waals surface area (Å²) < 4.78 is 5.10. The number of aromatic carboxylic acids is 1. The SMILES string of the molecule is CC(C)N(CCCO)c1nc(C(=O)O)co1. The summed E-state index contributed by atoms with van der Waals surface area (Å²) in [6, 6.07) is 0.410. The first-order valence-corrected chi connectivity index (χ1v) is 5.12. The van der Waals surface area contributed by atoms with Gasteiger partial charge in [-0.05, 0) is 20.3 Å². The van der Waals surface area contributed by atoms with Gasteiger partial charge in [0.25, 0.3) is 6.01 Å². The van der Waals surface area contributed by atoms with E-state index in [-0.39, 0.29) is 24.4 Å². The highest BCUT2D eigenvalue weighted by atomic mass is 16.4. The lowest BCUT2D eigenvalue weighted by Gasteiger charge is -2.24. The van der Waals surface area contributed by atoms with E-state index in [2.05, 4.69) is 4.98 Å². The summed E-state index contributed by atoms with van der Waals surface area (Å²) >= 11 is 0. The minimum atomic E-state index is -1.11. The van der Waals surface area contributed by atoms with Gasteiger partial charge in [0.15, 0.2) is 5.69 Å². The summed E-state index contributed by atoms with van der Waals surface area (Å²) in [5.41, 5.74) is -0.107. The van der Waals surface area contributed by atoms with Gasteiger partial charge in [-0.25, -0.2) is 4.79 Å². The highest BCUT2D eigenvalue weighted by molar-refractivity contribution is 5.85. The van der Waals surface area contributed by atoms with Crippen molar-refractivity contribution < 1.29 is 19.4 Å². The first-order chi connectivity index (χ1) is 7.56. The number of carboxylic acid groups (broad SMARTS) is 1. The molecule has 16 heavy (non-hydrogen) atoms. The maximum absolute atomic E-state index is 10.6. The van der Waals surface area contributed by atoms with Crippen LogP contribution in [0.5, 0.6) is 0 Å². The molecule has 6 nitrogen and oxygen atoms in total. The molecule has 0 aliphatic heterocycles. The van der Waals surface area contributed by atoms with Gasteiger partial charge in [-0.15, -0.1) is 0 Å². The third-order valence-corrected chi connectivity index (χ3v) is 2.14. The first-order valence-electron chi connectivity index (χ1n) is 5.12. The molecule has 6 heteroatoms. The Morgan fingerprint density at radius 2 is 2.31 bits per heavy atom. The van der Waals surface area contributed by atoms with Gasteiger partial charge < -0.3 is 19.5 Å². The number of carboxylic acids is 1. The van der Waals surface area contributed by atoms with Crippen molar-refractivity contribution in [2.24, 2.45) is 0 Å². The second kappa shape index (κ2) is 5.50. The summed E-state index contributed by atoms with van der Waals surface area (Å²) in [5.74, 6) is -1.11. The number of oxazole rings is 1. The van der Waals surface area contributed by atoms with Crippen molar-refractivity contribution in [1.29, 1.82) is 0 Å². The number of aliphatic hydroxyl groups is 1. The summed E-state index contributed by atoms with van der Waals surface area (Å²) in [6.45, 7) is 4.55. The molecule has 1 heterocycles. The number of rotatable bonds is 6. The van der Waals surface area contributed by atoms with Crippen molar-refractivity contribution >= 4 is 12.0 Å². The van der Waals surface area contributed by atoms with Crippen LogP contribution in [0.3, 0.4) is 0 Å².